The molecule has 3 amide bonds. The normalized spacial score (nSPS) is 23.0. The first kappa shape index (κ1) is 36.6. The molecule has 0 bridgehead atoms. The maximum absolute atomic E-state index is 14.3. The average molecular weight is 677 g/mol. The topological polar surface area (TPSA) is 155 Å². The van der Waals surface area contributed by atoms with E-state index in [4.69, 9.17) is 9.47 Å². The summed E-state index contributed by atoms with van der Waals surface area (Å²) in [5.41, 5.74) is 0.721. The predicted octanol–water partition coefficient (Wildman–Crippen LogP) is 3.99. The molecule has 2 aromatic rings. The van der Waals surface area contributed by atoms with Crippen LogP contribution < -0.4 is 15.4 Å². The van der Waals surface area contributed by atoms with E-state index in [0.717, 1.165) is 38.5 Å². The number of amides is 3. The van der Waals surface area contributed by atoms with E-state index in [-0.39, 0.29) is 60.3 Å². The SMILES string of the molecule is C[C@@H]1CN([C@H](C)CO)C(=O)c2cc(NC(=O)NC3CCCCC3)ccc2O[C@@H](C)CCCCO[C@H]1CN(C)S(=O)(=O)c1cn(C)cn1. The fraction of sp³-hybridized carbons (Fsp3) is 0.667. The largest absolute Gasteiger partial charge is 0.490 e. The first-order valence-corrected chi connectivity index (χ1v) is 18.2. The van der Waals surface area contributed by atoms with Gasteiger partial charge in [-0.15, -0.1) is 0 Å². The second-order valence-corrected chi connectivity index (χ2v) is 15.1. The van der Waals surface area contributed by atoms with Crippen LogP contribution in [0.4, 0.5) is 10.5 Å². The van der Waals surface area contributed by atoms with Crippen molar-refractivity contribution < 1.29 is 32.6 Å². The first-order chi connectivity index (χ1) is 22.4. The van der Waals surface area contributed by atoms with Crippen molar-refractivity contribution in [3.8, 4) is 5.75 Å². The Hall–Kier alpha value is -3.20. The third kappa shape index (κ3) is 9.91. The molecule has 2 aliphatic rings. The number of benzene rings is 1. The van der Waals surface area contributed by atoms with Crippen LogP contribution in [0.25, 0.3) is 0 Å². The lowest BCUT2D eigenvalue weighted by Gasteiger charge is -2.35. The van der Waals surface area contributed by atoms with E-state index in [1.807, 2.05) is 13.8 Å². The second kappa shape index (κ2) is 16.8. The van der Waals surface area contributed by atoms with Crippen LogP contribution in [0.5, 0.6) is 5.75 Å². The molecule has 2 heterocycles. The van der Waals surface area contributed by atoms with Gasteiger partial charge >= 0.3 is 6.03 Å². The molecule has 1 aromatic heterocycles. The molecule has 47 heavy (non-hydrogen) atoms. The third-order valence-corrected chi connectivity index (χ3v) is 10.8. The second-order valence-electron chi connectivity index (χ2n) is 13.1. The highest BCUT2D eigenvalue weighted by molar-refractivity contribution is 7.89. The zero-order valence-corrected chi connectivity index (χ0v) is 29.2. The van der Waals surface area contributed by atoms with E-state index < -0.39 is 22.2 Å². The van der Waals surface area contributed by atoms with Gasteiger partial charge in [0.2, 0.25) is 0 Å². The maximum Gasteiger partial charge on any atom is 0.319 e. The van der Waals surface area contributed by atoms with E-state index in [0.29, 0.717) is 24.5 Å². The summed E-state index contributed by atoms with van der Waals surface area (Å²) < 4.78 is 42.0. The summed E-state index contributed by atoms with van der Waals surface area (Å²) in [6, 6.07) is 4.30. The van der Waals surface area contributed by atoms with Gasteiger partial charge in [-0.05, 0) is 64.2 Å². The van der Waals surface area contributed by atoms with Gasteiger partial charge in [0.15, 0.2) is 5.03 Å². The van der Waals surface area contributed by atoms with Crippen LogP contribution >= 0.6 is 0 Å². The van der Waals surface area contributed by atoms with E-state index in [1.165, 1.54) is 30.3 Å². The Morgan fingerprint density at radius 2 is 1.87 bits per heavy atom. The molecule has 262 valence electrons. The number of aliphatic hydroxyl groups excluding tert-OH is 1. The van der Waals surface area contributed by atoms with Gasteiger partial charge in [0, 0.05) is 57.6 Å². The van der Waals surface area contributed by atoms with Crippen molar-refractivity contribution in [2.75, 3.05) is 38.7 Å². The van der Waals surface area contributed by atoms with Crippen LogP contribution in [0.3, 0.4) is 0 Å². The number of carbonyl (C=O) groups excluding carboxylic acids is 2. The minimum absolute atomic E-state index is 0.0515. The Balaban J connectivity index is 1.60. The van der Waals surface area contributed by atoms with E-state index in [9.17, 15) is 23.1 Å². The minimum Gasteiger partial charge on any atom is -0.490 e. The molecule has 1 aliphatic heterocycles. The number of anilines is 1. The van der Waals surface area contributed by atoms with Gasteiger partial charge in [-0.25, -0.2) is 18.2 Å². The number of sulfonamides is 1. The highest BCUT2D eigenvalue weighted by atomic mass is 32.2. The number of hydrogen-bond donors (Lipinski definition) is 3. The van der Waals surface area contributed by atoms with Crippen molar-refractivity contribution in [2.45, 2.75) is 101 Å². The maximum atomic E-state index is 14.3. The molecule has 0 unspecified atom stereocenters. The number of ether oxygens (including phenoxy) is 2. The lowest BCUT2D eigenvalue weighted by molar-refractivity contribution is -0.00835. The van der Waals surface area contributed by atoms with Crippen molar-refractivity contribution in [2.24, 2.45) is 13.0 Å². The molecule has 0 radical (unpaired) electrons. The molecule has 3 N–H and O–H groups in total. The first-order valence-electron chi connectivity index (χ1n) is 16.7. The number of aliphatic hydroxyl groups is 1. The molecule has 0 spiro atoms. The van der Waals surface area contributed by atoms with Gasteiger partial charge in [-0.1, -0.05) is 26.2 Å². The number of carbonyl (C=O) groups is 2. The smallest absolute Gasteiger partial charge is 0.319 e. The van der Waals surface area contributed by atoms with Gasteiger partial charge in [0.25, 0.3) is 15.9 Å². The Bertz CT molecular complexity index is 1440. The molecule has 4 atom stereocenters. The minimum atomic E-state index is -3.87. The number of fused-ring (bicyclic) bond motifs is 1. The molecule has 14 heteroatoms. The number of aryl methyl sites for hydroxylation is 1. The highest BCUT2D eigenvalue weighted by Crippen LogP contribution is 2.29. The van der Waals surface area contributed by atoms with E-state index in [2.05, 4.69) is 15.6 Å². The van der Waals surface area contributed by atoms with Crippen LogP contribution in [0.1, 0.15) is 82.5 Å². The standard InChI is InChI=1S/C33H52N6O7S/c1-23-18-39(24(2)21-40)32(41)28-17-27(36-33(42)35-26-12-7-6-8-13-26)14-15-29(28)46-25(3)11-9-10-16-45-30(23)19-38(5)47(43,44)31-20-37(4)22-34-31/h14-15,17,20,22-26,30,40H,6-13,16,18-19,21H2,1-5H3,(H2,35,36,42)/t23-,24-,25+,30+/m1/s1. The van der Waals surface area contributed by atoms with Gasteiger partial charge in [-0.2, -0.15) is 4.31 Å². The summed E-state index contributed by atoms with van der Waals surface area (Å²) in [4.78, 5) is 32.8. The van der Waals surface area contributed by atoms with E-state index >= 15 is 0 Å². The quantitative estimate of drug-likeness (QED) is 0.379. The Kier molecular flexibility index (Phi) is 13.1. The molecule has 1 saturated carbocycles. The number of nitrogens with one attached hydrogen (secondary N) is 2. The fourth-order valence-electron chi connectivity index (χ4n) is 6.10. The van der Waals surface area contributed by atoms with Gasteiger partial charge in [-0.3, -0.25) is 4.79 Å². The van der Waals surface area contributed by atoms with E-state index in [1.54, 1.807) is 41.6 Å². The van der Waals surface area contributed by atoms with Crippen LogP contribution in [0, 0.1) is 5.92 Å². The molecule has 1 fully saturated rings. The number of nitrogens with zero attached hydrogens (tertiary/aromatic N) is 4. The molecular weight excluding hydrogens is 624 g/mol. The van der Waals surface area contributed by atoms with Gasteiger partial charge in [0.1, 0.15) is 5.75 Å². The van der Waals surface area contributed by atoms with Crippen LogP contribution in [0.2, 0.25) is 0 Å². The zero-order chi connectivity index (χ0) is 34.1. The summed E-state index contributed by atoms with van der Waals surface area (Å²) in [5, 5.41) is 16.1. The molecular formula is C33H52N6O7S. The summed E-state index contributed by atoms with van der Waals surface area (Å²) in [6.07, 6.45) is 9.67. The van der Waals surface area contributed by atoms with Gasteiger partial charge in [0.05, 0.1) is 36.7 Å². The number of likely N-dealkylation sites (N-methyl/N-ethyl adjacent to an activating group) is 1. The summed E-state index contributed by atoms with van der Waals surface area (Å²) in [5.74, 6) is -0.292. The number of hydrogen-bond acceptors (Lipinski definition) is 8. The number of aromatic nitrogens is 2. The van der Waals surface area contributed by atoms with Crippen LogP contribution in [-0.2, 0) is 21.8 Å². The zero-order valence-electron chi connectivity index (χ0n) is 28.4. The molecule has 13 nitrogen and oxygen atoms in total. The molecule has 1 aliphatic carbocycles. The summed E-state index contributed by atoms with van der Waals surface area (Å²) >= 11 is 0. The number of rotatable bonds is 8. The number of imidazole rings is 1. The fourth-order valence-corrected chi connectivity index (χ4v) is 7.24. The van der Waals surface area contributed by atoms with Crippen LogP contribution in [0.15, 0.2) is 35.7 Å². The summed E-state index contributed by atoms with van der Waals surface area (Å²) in [7, 11) is -0.669. The van der Waals surface area contributed by atoms with Crippen molar-refractivity contribution >= 4 is 27.6 Å². The molecule has 0 saturated heterocycles. The van der Waals surface area contributed by atoms with Crippen molar-refractivity contribution in [3.63, 3.8) is 0 Å². The Labute approximate surface area is 279 Å². The Morgan fingerprint density at radius 1 is 1.15 bits per heavy atom. The lowest BCUT2D eigenvalue weighted by Crippen LogP contribution is -2.48. The molecule has 4 rings (SSSR count). The summed E-state index contributed by atoms with van der Waals surface area (Å²) in [6.45, 7) is 5.97. The van der Waals surface area contributed by atoms with Crippen molar-refractivity contribution in [1.82, 2.24) is 24.1 Å². The number of urea groups is 1. The Morgan fingerprint density at radius 3 is 2.55 bits per heavy atom. The lowest BCUT2D eigenvalue weighted by atomic mass is 9.96. The monoisotopic (exact) mass is 676 g/mol. The van der Waals surface area contributed by atoms with Gasteiger partial charge < -0.3 is 34.7 Å². The average Bonchev–Trinajstić information content (AvgIpc) is 3.49. The third-order valence-electron chi connectivity index (χ3n) is 9.04. The van der Waals surface area contributed by atoms with Crippen molar-refractivity contribution in [3.05, 3.63) is 36.3 Å². The highest BCUT2D eigenvalue weighted by Gasteiger charge is 2.33. The molecule has 1 aromatic carbocycles. The van der Waals surface area contributed by atoms with Crippen molar-refractivity contribution in [1.29, 1.82) is 0 Å². The van der Waals surface area contributed by atoms with Crippen LogP contribution in [-0.4, -0.2) is 102 Å². The predicted molar refractivity (Wildman–Crippen MR) is 179 cm³/mol.